The molecule has 3 aromatic rings. The second-order valence-electron chi connectivity index (χ2n) is 10.2. The molecule has 0 spiro atoms. The van der Waals surface area contributed by atoms with Gasteiger partial charge in [0.25, 0.3) is 0 Å². The summed E-state index contributed by atoms with van der Waals surface area (Å²) in [5.74, 6) is -1.37. The number of ether oxygens (including phenoxy) is 1. The fraction of sp³-hybridized carbons (Fsp3) is 0.296. The number of nitrogens with two attached hydrogens (primary N) is 2. The highest BCUT2D eigenvalue weighted by molar-refractivity contribution is 7.89. The lowest BCUT2D eigenvalue weighted by atomic mass is 9.82. The second kappa shape index (κ2) is 11.5. The number of primary sulfonamides is 1. The number of alkyl halides is 9. The van der Waals surface area contributed by atoms with E-state index in [0.29, 0.717) is 24.1 Å². The van der Waals surface area contributed by atoms with Crippen LogP contribution in [0.1, 0.15) is 49.4 Å². The van der Waals surface area contributed by atoms with Gasteiger partial charge in [-0.1, -0.05) is 26.8 Å². The third-order valence-corrected chi connectivity index (χ3v) is 7.65. The van der Waals surface area contributed by atoms with Crippen LogP contribution in [-0.2, 0) is 34.0 Å². The van der Waals surface area contributed by atoms with E-state index in [2.05, 4.69) is 0 Å². The van der Waals surface area contributed by atoms with Crippen molar-refractivity contribution in [1.82, 2.24) is 0 Å². The van der Waals surface area contributed by atoms with E-state index in [0.717, 1.165) is 12.1 Å². The molecule has 3 aromatic carbocycles. The number of urea groups is 1. The Bertz CT molecular complexity index is 1650. The zero-order valence-electron chi connectivity index (χ0n) is 22.9. The van der Waals surface area contributed by atoms with Crippen LogP contribution in [0.15, 0.2) is 59.5 Å². The van der Waals surface area contributed by atoms with Gasteiger partial charge in [-0.15, -0.1) is 0 Å². The summed E-state index contributed by atoms with van der Waals surface area (Å²) in [4.78, 5) is 11.8. The molecular formula is C27H24F9N3O4S. The van der Waals surface area contributed by atoms with Crippen molar-refractivity contribution in [3.8, 4) is 11.5 Å². The summed E-state index contributed by atoms with van der Waals surface area (Å²) in [7, 11) is -4.58. The first-order chi connectivity index (χ1) is 19.9. The van der Waals surface area contributed by atoms with Crippen LogP contribution in [-0.4, -0.2) is 14.4 Å². The van der Waals surface area contributed by atoms with Gasteiger partial charge in [0.15, 0.2) is 5.75 Å². The van der Waals surface area contributed by atoms with Crippen molar-refractivity contribution in [2.45, 2.75) is 56.0 Å². The van der Waals surface area contributed by atoms with Crippen LogP contribution in [0.3, 0.4) is 0 Å². The van der Waals surface area contributed by atoms with Crippen molar-refractivity contribution < 1.29 is 57.5 Å². The first kappa shape index (κ1) is 34.5. The van der Waals surface area contributed by atoms with E-state index in [1.807, 2.05) is 6.92 Å². The first-order valence-corrected chi connectivity index (χ1v) is 13.9. The molecule has 0 heterocycles. The summed E-state index contributed by atoms with van der Waals surface area (Å²) in [6.07, 6.45) is -15.4. The first-order valence-electron chi connectivity index (χ1n) is 12.3. The molecule has 17 heteroatoms. The third kappa shape index (κ3) is 7.56. The quantitative estimate of drug-likeness (QED) is 0.250. The molecule has 0 unspecified atom stereocenters. The molecule has 0 aliphatic carbocycles. The molecule has 0 radical (unpaired) electrons. The highest BCUT2D eigenvalue weighted by Crippen LogP contribution is 2.45. The molecule has 4 N–H and O–H groups in total. The monoisotopic (exact) mass is 657 g/mol. The number of halogens is 9. The third-order valence-electron chi connectivity index (χ3n) is 6.71. The standard InChI is InChI=1S/C27H24F9N3O4S/c1-4-24(2,3)14-5-8-21(22(13-14)44(38,41)42)43-20-7-6-15(25(28,29)30)12-19(20)39(23(37)40)18-10-16(26(31,32)33)9-17(11-18)27(34,35)36/h5-13H,4H2,1-3H3,(H2,37,40)(H2,38,41,42). The topological polar surface area (TPSA) is 116 Å². The molecule has 44 heavy (non-hydrogen) atoms. The van der Waals surface area contributed by atoms with Gasteiger partial charge in [0, 0.05) is 0 Å². The fourth-order valence-corrected chi connectivity index (χ4v) is 4.65. The van der Waals surface area contributed by atoms with Gasteiger partial charge in [-0.3, -0.25) is 4.90 Å². The van der Waals surface area contributed by atoms with Crippen LogP contribution in [0.2, 0.25) is 0 Å². The normalized spacial score (nSPS) is 13.1. The summed E-state index contributed by atoms with van der Waals surface area (Å²) in [6, 6.07) is 2.96. The Hall–Kier alpha value is -3.99. The summed E-state index contributed by atoms with van der Waals surface area (Å²) < 4.78 is 153. The van der Waals surface area contributed by atoms with Gasteiger partial charge in [0.2, 0.25) is 10.0 Å². The number of anilines is 2. The number of hydrogen-bond acceptors (Lipinski definition) is 4. The van der Waals surface area contributed by atoms with Gasteiger partial charge in [0.05, 0.1) is 28.1 Å². The number of hydrogen-bond donors (Lipinski definition) is 2. The lowest BCUT2D eigenvalue weighted by Crippen LogP contribution is -2.32. The minimum absolute atomic E-state index is 0.0553. The number of primary amides is 1. The van der Waals surface area contributed by atoms with E-state index < -0.39 is 84.5 Å². The zero-order valence-corrected chi connectivity index (χ0v) is 23.8. The average molecular weight is 658 g/mol. The van der Waals surface area contributed by atoms with Crippen LogP contribution in [0.4, 0.5) is 55.7 Å². The Morgan fingerprint density at radius 1 is 0.750 bits per heavy atom. The Morgan fingerprint density at radius 3 is 1.66 bits per heavy atom. The molecule has 240 valence electrons. The largest absolute Gasteiger partial charge is 0.454 e. The SMILES string of the molecule is CCC(C)(C)c1ccc(Oc2ccc(C(F)(F)F)cc2N(C(N)=O)c2cc(C(F)(F)F)cc(C(F)(F)F)c2)c(S(N)(=O)=O)c1. The summed E-state index contributed by atoms with van der Waals surface area (Å²) in [6.45, 7) is 5.36. The van der Waals surface area contributed by atoms with Crippen LogP contribution in [0, 0.1) is 0 Å². The maximum absolute atomic E-state index is 13.7. The number of rotatable bonds is 7. The summed E-state index contributed by atoms with van der Waals surface area (Å²) >= 11 is 0. The molecule has 0 saturated heterocycles. The molecule has 0 aliphatic heterocycles. The predicted octanol–water partition coefficient (Wildman–Crippen LogP) is 8.09. The smallest absolute Gasteiger partial charge is 0.416 e. The van der Waals surface area contributed by atoms with Crippen LogP contribution < -0.4 is 20.5 Å². The van der Waals surface area contributed by atoms with Gasteiger partial charge in [-0.05, 0) is 65.9 Å². The fourth-order valence-electron chi connectivity index (χ4n) is 3.97. The molecular weight excluding hydrogens is 633 g/mol. The average Bonchev–Trinajstić information content (AvgIpc) is 2.87. The Kier molecular flexibility index (Phi) is 9.02. The number of benzene rings is 3. The van der Waals surface area contributed by atoms with Crippen molar-refractivity contribution in [2.24, 2.45) is 10.9 Å². The summed E-state index contributed by atoms with van der Waals surface area (Å²) in [5, 5.41) is 5.34. The number of amides is 2. The minimum Gasteiger partial charge on any atom is -0.454 e. The van der Waals surface area contributed by atoms with Crippen molar-refractivity contribution in [3.05, 3.63) is 76.9 Å². The Balaban J connectivity index is 2.36. The van der Waals surface area contributed by atoms with Crippen molar-refractivity contribution in [1.29, 1.82) is 0 Å². The lowest BCUT2D eigenvalue weighted by molar-refractivity contribution is -0.143. The molecule has 0 saturated carbocycles. The van der Waals surface area contributed by atoms with E-state index in [1.54, 1.807) is 13.8 Å². The van der Waals surface area contributed by atoms with E-state index in [4.69, 9.17) is 15.6 Å². The maximum Gasteiger partial charge on any atom is 0.416 e. The van der Waals surface area contributed by atoms with Crippen LogP contribution in [0.5, 0.6) is 11.5 Å². The van der Waals surface area contributed by atoms with E-state index in [9.17, 15) is 52.7 Å². The van der Waals surface area contributed by atoms with Gasteiger partial charge in [-0.25, -0.2) is 18.4 Å². The number of sulfonamides is 1. The van der Waals surface area contributed by atoms with E-state index in [-0.39, 0.29) is 29.2 Å². The number of carbonyl (C=O) groups excluding carboxylic acids is 1. The zero-order chi connectivity index (χ0) is 33.6. The van der Waals surface area contributed by atoms with Gasteiger partial charge in [0.1, 0.15) is 10.6 Å². The molecule has 7 nitrogen and oxygen atoms in total. The van der Waals surface area contributed by atoms with E-state index >= 15 is 0 Å². The molecule has 2 amide bonds. The van der Waals surface area contributed by atoms with Crippen LogP contribution >= 0.6 is 0 Å². The second-order valence-corrected chi connectivity index (χ2v) is 11.7. The van der Waals surface area contributed by atoms with Gasteiger partial charge >= 0.3 is 24.6 Å². The molecule has 0 aromatic heterocycles. The van der Waals surface area contributed by atoms with Crippen LogP contribution in [0.25, 0.3) is 0 Å². The minimum atomic E-state index is -5.38. The van der Waals surface area contributed by atoms with E-state index in [1.165, 1.54) is 6.07 Å². The van der Waals surface area contributed by atoms with Crippen molar-refractivity contribution >= 4 is 27.4 Å². The number of carbonyl (C=O) groups is 1. The molecule has 3 rings (SSSR count). The predicted molar refractivity (Wildman–Crippen MR) is 141 cm³/mol. The maximum atomic E-state index is 13.7. The summed E-state index contributed by atoms with van der Waals surface area (Å²) in [5.41, 5.74) is -2.38. The Labute approximate surface area is 245 Å². The molecule has 0 atom stereocenters. The van der Waals surface area contributed by atoms with Crippen molar-refractivity contribution in [2.75, 3.05) is 4.90 Å². The Morgan fingerprint density at radius 2 is 1.23 bits per heavy atom. The molecule has 0 bridgehead atoms. The highest BCUT2D eigenvalue weighted by Gasteiger charge is 2.39. The lowest BCUT2D eigenvalue weighted by Gasteiger charge is -2.27. The van der Waals surface area contributed by atoms with Crippen molar-refractivity contribution in [3.63, 3.8) is 0 Å². The molecule has 0 aliphatic rings. The van der Waals surface area contributed by atoms with Gasteiger partial charge < -0.3 is 10.5 Å². The van der Waals surface area contributed by atoms with Gasteiger partial charge in [-0.2, -0.15) is 39.5 Å². The number of nitrogens with zero attached hydrogens (tertiary/aromatic N) is 1. The highest BCUT2D eigenvalue weighted by atomic mass is 32.2. The molecule has 0 fully saturated rings.